The van der Waals surface area contributed by atoms with Crippen LogP contribution in [0.25, 0.3) is 0 Å². The molecule has 0 bridgehead atoms. The van der Waals surface area contributed by atoms with Gasteiger partial charge in [-0.2, -0.15) is 0 Å². The van der Waals surface area contributed by atoms with E-state index in [0.717, 1.165) is 18.2 Å². The summed E-state index contributed by atoms with van der Waals surface area (Å²) in [4.78, 5) is 4.35. The monoisotopic (exact) mass is 232 g/mol. The highest BCUT2D eigenvalue weighted by molar-refractivity contribution is 5.03. The Bertz CT molecular complexity index is 302. The second-order valence-corrected chi connectivity index (χ2v) is 5.24. The molecule has 94 valence electrons. The van der Waals surface area contributed by atoms with Crippen molar-refractivity contribution in [3.05, 3.63) is 30.1 Å². The Morgan fingerprint density at radius 2 is 2.00 bits per heavy atom. The Morgan fingerprint density at radius 1 is 1.24 bits per heavy atom. The highest BCUT2D eigenvalue weighted by atomic mass is 14.9. The summed E-state index contributed by atoms with van der Waals surface area (Å²) in [7, 11) is 0. The van der Waals surface area contributed by atoms with Gasteiger partial charge in [-0.05, 0) is 37.8 Å². The lowest BCUT2D eigenvalue weighted by Gasteiger charge is -2.23. The third kappa shape index (κ3) is 4.12. The van der Waals surface area contributed by atoms with Crippen molar-refractivity contribution in [3.8, 4) is 0 Å². The van der Waals surface area contributed by atoms with Crippen molar-refractivity contribution in [1.82, 2.24) is 10.3 Å². The standard InChI is InChI=1S/C15H24N2/c1-13(14-8-4-2-3-5-9-14)17-12-15-10-6-7-11-16-15/h6-7,10-11,13-14,17H,2-5,8-9,12H2,1H3/t13-/m1/s1. The molecule has 0 aliphatic heterocycles. The van der Waals surface area contributed by atoms with Gasteiger partial charge >= 0.3 is 0 Å². The number of rotatable bonds is 4. The van der Waals surface area contributed by atoms with E-state index in [0.29, 0.717) is 6.04 Å². The SMILES string of the molecule is C[C@@H](NCc1ccccn1)C1CCCCCC1. The van der Waals surface area contributed by atoms with Crippen molar-refractivity contribution in [2.24, 2.45) is 5.92 Å². The van der Waals surface area contributed by atoms with Gasteiger partial charge in [-0.25, -0.2) is 0 Å². The van der Waals surface area contributed by atoms with Crippen LogP contribution in [0.5, 0.6) is 0 Å². The van der Waals surface area contributed by atoms with Gasteiger partial charge in [0.05, 0.1) is 5.69 Å². The maximum atomic E-state index is 4.35. The minimum Gasteiger partial charge on any atom is -0.308 e. The van der Waals surface area contributed by atoms with E-state index in [1.165, 1.54) is 38.5 Å². The molecule has 2 nitrogen and oxygen atoms in total. The number of hydrogen-bond acceptors (Lipinski definition) is 2. The van der Waals surface area contributed by atoms with Crippen molar-refractivity contribution in [1.29, 1.82) is 0 Å². The third-order valence-electron chi connectivity index (χ3n) is 3.94. The molecule has 0 amide bonds. The molecule has 0 spiro atoms. The lowest BCUT2D eigenvalue weighted by molar-refractivity contribution is 0.335. The Hall–Kier alpha value is -0.890. The first-order valence-electron chi connectivity index (χ1n) is 6.99. The van der Waals surface area contributed by atoms with Crippen molar-refractivity contribution in [2.45, 2.75) is 58.0 Å². The Kier molecular flexibility index (Phi) is 4.99. The number of pyridine rings is 1. The molecule has 1 atom stereocenters. The summed E-state index contributed by atoms with van der Waals surface area (Å²) in [5.41, 5.74) is 1.15. The van der Waals surface area contributed by atoms with Gasteiger partial charge in [-0.1, -0.05) is 31.7 Å². The lowest BCUT2D eigenvalue weighted by Crippen LogP contribution is -2.33. The van der Waals surface area contributed by atoms with Gasteiger partial charge in [0, 0.05) is 18.8 Å². The zero-order valence-electron chi connectivity index (χ0n) is 10.9. The van der Waals surface area contributed by atoms with Crippen LogP contribution in [0.2, 0.25) is 0 Å². The Morgan fingerprint density at radius 3 is 2.65 bits per heavy atom. The molecule has 1 aromatic heterocycles. The fourth-order valence-electron chi connectivity index (χ4n) is 2.75. The summed E-state index contributed by atoms with van der Waals surface area (Å²) in [6.45, 7) is 3.23. The molecule has 0 radical (unpaired) electrons. The van der Waals surface area contributed by atoms with E-state index in [1.807, 2.05) is 12.3 Å². The number of nitrogens with one attached hydrogen (secondary N) is 1. The van der Waals surface area contributed by atoms with E-state index in [1.54, 1.807) is 0 Å². The predicted octanol–water partition coefficient (Wildman–Crippen LogP) is 3.53. The van der Waals surface area contributed by atoms with Gasteiger partial charge in [0.1, 0.15) is 0 Å². The van der Waals surface area contributed by atoms with E-state index in [-0.39, 0.29) is 0 Å². The molecule has 0 unspecified atom stereocenters. The van der Waals surface area contributed by atoms with Crippen LogP contribution in [0, 0.1) is 5.92 Å². The van der Waals surface area contributed by atoms with Crippen molar-refractivity contribution in [2.75, 3.05) is 0 Å². The second-order valence-electron chi connectivity index (χ2n) is 5.24. The minimum absolute atomic E-state index is 0.620. The molecule has 17 heavy (non-hydrogen) atoms. The quantitative estimate of drug-likeness (QED) is 0.803. The van der Waals surface area contributed by atoms with Crippen molar-refractivity contribution >= 4 is 0 Å². The van der Waals surface area contributed by atoms with Crippen LogP contribution in [0.3, 0.4) is 0 Å². The highest BCUT2D eigenvalue weighted by Crippen LogP contribution is 2.25. The van der Waals surface area contributed by atoms with Crippen molar-refractivity contribution in [3.63, 3.8) is 0 Å². The Balaban J connectivity index is 1.78. The minimum atomic E-state index is 0.620. The smallest absolute Gasteiger partial charge is 0.0541 e. The summed E-state index contributed by atoms with van der Waals surface area (Å²) < 4.78 is 0. The fraction of sp³-hybridized carbons (Fsp3) is 0.667. The number of hydrogen-bond donors (Lipinski definition) is 1. The molecule has 1 aliphatic carbocycles. The fourth-order valence-corrected chi connectivity index (χ4v) is 2.75. The zero-order valence-corrected chi connectivity index (χ0v) is 10.9. The molecule has 1 saturated carbocycles. The van der Waals surface area contributed by atoms with Crippen molar-refractivity contribution < 1.29 is 0 Å². The molecule has 1 aliphatic rings. The van der Waals surface area contributed by atoms with Gasteiger partial charge in [-0.15, -0.1) is 0 Å². The molecular formula is C15H24N2. The summed E-state index contributed by atoms with van der Waals surface area (Å²) >= 11 is 0. The molecule has 1 fully saturated rings. The predicted molar refractivity (Wildman–Crippen MR) is 71.7 cm³/mol. The third-order valence-corrected chi connectivity index (χ3v) is 3.94. The van der Waals surface area contributed by atoms with Gasteiger partial charge < -0.3 is 5.32 Å². The topological polar surface area (TPSA) is 24.9 Å². The highest BCUT2D eigenvalue weighted by Gasteiger charge is 2.18. The molecular weight excluding hydrogens is 208 g/mol. The molecule has 1 N–H and O–H groups in total. The van der Waals surface area contributed by atoms with E-state index < -0.39 is 0 Å². The maximum Gasteiger partial charge on any atom is 0.0541 e. The van der Waals surface area contributed by atoms with Gasteiger partial charge in [-0.3, -0.25) is 4.98 Å². The van der Waals surface area contributed by atoms with E-state index in [4.69, 9.17) is 0 Å². The first kappa shape index (κ1) is 12.6. The molecule has 2 rings (SSSR count). The molecule has 0 aromatic carbocycles. The average Bonchev–Trinajstić information content (AvgIpc) is 2.66. The van der Waals surface area contributed by atoms with Crippen LogP contribution in [0.1, 0.15) is 51.1 Å². The van der Waals surface area contributed by atoms with Crippen LogP contribution in [-0.4, -0.2) is 11.0 Å². The first-order valence-corrected chi connectivity index (χ1v) is 6.99. The first-order chi connectivity index (χ1) is 8.36. The largest absolute Gasteiger partial charge is 0.308 e. The summed E-state index contributed by atoms with van der Waals surface area (Å²) in [5.74, 6) is 0.862. The number of nitrogens with zero attached hydrogens (tertiary/aromatic N) is 1. The average molecular weight is 232 g/mol. The van der Waals surface area contributed by atoms with Crippen LogP contribution >= 0.6 is 0 Å². The van der Waals surface area contributed by atoms with Crippen LogP contribution in [0.15, 0.2) is 24.4 Å². The van der Waals surface area contributed by atoms with Crippen LogP contribution in [-0.2, 0) is 6.54 Å². The van der Waals surface area contributed by atoms with E-state index in [9.17, 15) is 0 Å². The Labute approximate surface area is 105 Å². The second kappa shape index (κ2) is 6.75. The van der Waals surface area contributed by atoms with Gasteiger partial charge in [0.2, 0.25) is 0 Å². The van der Waals surface area contributed by atoms with E-state index >= 15 is 0 Å². The normalized spacial score (nSPS) is 19.8. The maximum absolute atomic E-state index is 4.35. The molecule has 0 saturated heterocycles. The zero-order chi connectivity index (χ0) is 11.9. The van der Waals surface area contributed by atoms with Crippen LogP contribution in [0.4, 0.5) is 0 Å². The molecule has 1 aromatic rings. The van der Waals surface area contributed by atoms with Gasteiger partial charge in [0.15, 0.2) is 0 Å². The molecule has 2 heteroatoms. The number of aromatic nitrogens is 1. The lowest BCUT2D eigenvalue weighted by atomic mass is 9.93. The van der Waals surface area contributed by atoms with Gasteiger partial charge in [0.25, 0.3) is 0 Å². The summed E-state index contributed by atoms with van der Waals surface area (Å²) in [5, 5.41) is 3.63. The summed E-state index contributed by atoms with van der Waals surface area (Å²) in [6.07, 6.45) is 10.4. The molecule has 1 heterocycles. The summed E-state index contributed by atoms with van der Waals surface area (Å²) in [6, 6.07) is 6.74. The van der Waals surface area contributed by atoms with E-state index in [2.05, 4.69) is 29.4 Å². The van der Waals surface area contributed by atoms with Crippen LogP contribution < -0.4 is 5.32 Å².